The first-order chi connectivity index (χ1) is 8.08. The van der Waals surface area contributed by atoms with Crippen molar-refractivity contribution in [2.24, 2.45) is 5.73 Å². The van der Waals surface area contributed by atoms with Crippen LogP contribution in [0.3, 0.4) is 0 Å². The molecule has 0 radical (unpaired) electrons. The molecule has 4 nitrogen and oxygen atoms in total. The SMILES string of the molecule is C[C@](CN)(C(=O)O)c1ccc2c(c1)CCCO2. The molecule has 0 fully saturated rings. The minimum Gasteiger partial charge on any atom is -0.493 e. The molecule has 0 amide bonds. The molecule has 0 aromatic heterocycles. The number of fused-ring (bicyclic) bond motifs is 1. The van der Waals surface area contributed by atoms with E-state index in [9.17, 15) is 9.90 Å². The first kappa shape index (κ1) is 11.9. The maximum atomic E-state index is 11.3. The second-order valence-corrected chi connectivity index (χ2v) is 4.62. The number of carboxylic acids is 1. The summed E-state index contributed by atoms with van der Waals surface area (Å²) < 4.78 is 5.51. The largest absolute Gasteiger partial charge is 0.493 e. The molecule has 1 aliphatic heterocycles. The van der Waals surface area contributed by atoms with Crippen LogP contribution in [-0.2, 0) is 16.6 Å². The van der Waals surface area contributed by atoms with Crippen molar-refractivity contribution in [1.29, 1.82) is 0 Å². The van der Waals surface area contributed by atoms with Crippen LogP contribution in [0.5, 0.6) is 5.75 Å². The number of aryl methyl sites for hydroxylation is 1. The number of carboxylic acid groups (broad SMARTS) is 1. The molecule has 0 spiro atoms. The van der Waals surface area contributed by atoms with Gasteiger partial charge < -0.3 is 15.6 Å². The van der Waals surface area contributed by atoms with Crippen LogP contribution in [0.4, 0.5) is 0 Å². The lowest BCUT2D eigenvalue weighted by Crippen LogP contribution is -2.40. The third kappa shape index (κ3) is 2.00. The second kappa shape index (κ2) is 4.37. The first-order valence-electron chi connectivity index (χ1n) is 5.77. The molecule has 17 heavy (non-hydrogen) atoms. The fourth-order valence-corrected chi connectivity index (χ4v) is 2.03. The number of rotatable bonds is 3. The molecule has 0 unspecified atom stereocenters. The number of aliphatic carboxylic acids is 1. The van der Waals surface area contributed by atoms with Crippen molar-refractivity contribution in [3.63, 3.8) is 0 Å². The van der Waals surface area contributed by atoms with E-state index >= 15 is 0 Å². The van der Waals surface area contributed by atoms with Crippen molar-refractivity contribution < 1.29 is 14.6 Å². The molecule has 1 aliphatic rings. The second-order valence-electron chi connectivity index (χ2n) is 4.62. The van der Waals surface area contributed by atoms with Crippen molar-refractivity contribution in [2.75, 3.05) is 13.2 Å². The highest BCUT2D eigenvalue weighted by molar-refractivity contribution is 5.81. The summed E-state index contributed by atoms with van der Waals surface area (Å²) in [5, 5.41) is 9.28. The van der Waals surface area contributed by atoms with E-state index in [0.29, 0.717) is 0 Å². The standard InChI is InChI=1S/C13H17NO3/c1-13(8-14,12(15)16)10-4-5-11-9(7-10)3-2-6-17-11/h4-5,7H,2-3,6,8,14H2,1H3,(H,15,16)/t13-/m1/s1. The quantitative estimate of drug-likeness (QED) is 0.828. The molecule has 2 rings (SSSR count). The lowest BCUT2D eigenvalue weighted by Gasteiger charge is -2.26. The lowest BCUT2D eigenvalue weighted by molar-refractivity contribution is -0.142. The van der Waals surface area contributed by atoms with Gasteiger partial charge in [0.25, 0.3) is 0 Å². The smallest absolute Gasteiger partial charge is 0.315 e. The van der Waals surface area contributed by atoms with E-state index in [0.717, 1.165) is 36.3 Å². The highest BCUT2D eigenvalue weighted by Crippen LogP contribution is 2.31. The van der Waals surface area contributed by atoms with Crippen LogP contribution >= 0.6 is 0 Å². The Morgan fingerprint density at radius 3 is 3.00 bits per heavy atom. The molecule has 1 aromatic rings. The van der Waals surface area contributed by atoms with Gasteiger partial charge in [-0.1, -0.05) is 12.1 Å². The van der Waals surface area contributed by atoms with Crippen LogP contribution in [-0.4, -0.2) is 24.2 Å². The maximum absolute atomic E-state index is 11.3. The summed E-state index contributed by atoms with van der Waals surface area (Å²) in [5.74, 6) is -0.0264. The predicted molar refractivity (Wildman–Crippen MR) is 64.3 cm³/mol. The number of hydrogen-bond donors (Lipinski definition) is 2. The van der Waals surface area contributed by atoms with E-state index in [2.05, 4.69) is 0 Å². The molecule has 1 heterocycles. The molecule has 3 N–H and O–H groups in total. The van der Waals surface area contributed by atoms with Crippen molar-refractivity contribution in [3.8, 4) is 5.75 Å². The van der Waals surface area contributed by atoms with Gasteiger partial charge in [0, 0.05) is 6.54 Å². The van der Waals surface area contributed by atoms with Gasteiger partial charge >= 0.3 is 5.97 Å². The van der Waals surface area contributed by atoms with Gasteiger partial charge in [-0.3, -0.25) is 4.79 Å². The van der Waals surface area contributed by atoms with Gasteiger partial charge in [-0.2, -0.15) is 0 Å². The zero-order valence-electron chi connectivity index (χ0n) is 9.90. The summed E-state index contributed by atoms with van der Waals surface area (Å²) >= 11 is 0. The monoisotopic (exact) mass is 235 g/mol. The van der Waals surface area contributed by atoms with Crippen LogP contribution in [0.15, 0.2) is 18.2 Å². The Hall–Kier alpha value is -1.55. The number of carbonyl (C=O) groups is 1. The summed E-state index contributed by atoms with van der Waals surface area (Å²) in [6.45, 7) is 2.47. The summed E-state index contributed by atoms with van der Waals surface area (Å²) in [6, 6.07) is 5.56. The van der Waals surface area contributed by atoms with E-state index in [1.807, 2.05) is 12.1 Å². The van der Waals surface area contributed by atoms with Crippen molar-refractivity contribution in [1.82, 2.24) is 0 Å². The minimum atomic E-state index is -1.02. The van der Waals surface area contributed by atoms with E-state index in [1.165, 1.54) is 0 Å². The minimum absolute atomic E-state index is 0.0853. The summed E-state index contributed by atoms with van der Waals surface area (Å²) in [5.41, 5.74) is 6.41. The Kier molecular flexibility index (Phi) is 3.07. The van der Waals surface area contributed by atoms with Gasteiger partial charge in [-0.25, -0.2) is 0 Å². The van der Waals surface area contributed by atoms with Crippen LogP contribution in [0, 0.1) is 0 Å². The average Bonchev–Trinajstić information content (AvgIpc) is 2.37. The van der Waals surface area contributed by atoms with E-state index in [-0.39, 0.29) is 6.54 Å². The topological polar surface area (TPSA) is 72.6 Å². The van der Waals surface area contributed by atoms with Crippen LogP contribution in [0.25, 0.3) is 0 Å². The zero-order valence-corrected chi connectivity index (χ0v) is 9.90. The molecule has 4 heteroatoms. The Balaban J connectivity index is 2.42. The van der Waals surface area contributed by atoms with Crippen LogP contribution < -0.4 is 10.5 Å². The van der Waals surface area contributed by atoms with Gasteiger partial charge in [-0.05, 0) is 37.0 Å². The molecule has 0 bridgehead atoms. The van der Waals surface area contributed by atoms with Gasteiger partial charge in [-0.15, -0.1) is 0 Å². The number of benzene rings is 1. The van der Waals surface area contributed by atoms with Crippen molar-refractivity contribution >= 4 is 5.97 Å². The van der Waals surface area contributed by atoms with Gasteiger partial charge in [0.2, 0.25) is 0 Å². The number of ether oxygens (including phenoxy) is 1. The zero-order chi connectivity index (χ0) is 12.5. The lowest BCUT2D eigenvalue weighted by atomic mass is 9.81. The summed E-state index contributed by atoms with van der Waals surface area (Å²) in [7, 11) is 0. The van der Waals surface area contributed by atoms with E-state index < -0.39 is 11.4 Å². The molecule has 92 valence electrons. The average molecular weight is 235 g/mol. The molecule has 1 atom stereocenters. The summed E-state index contributed by atoms with van der Waals surface area (Å²) in [4.78, 5) is 11.3. The van der Waals surface area contributed by atoms with Crippen LogP contribution in [0.2, 0.25) is 0 Å². The number of nitrogens with two attached hydrogens (primary N) is 1. The molecular formula is C13H17NO3. The van der Waals surface area contributed by atoms with E-state index in [4.69, 9.17) is 10.5 Å². The highest BCUT2D eigenvalue weighted by Gasteiger charge is 2.34. The fraction of sp³-hybridized carbons (Fsp3) is 0.462. The first-order valence-corrected chi connectivity index (χ1v) is 5.77. The van der Waals surface area contributed by atoms with Crippen LogP contribution in [0.1, 0.15) is 24.5 Å². The van der Waals surface area contributed by atoms with Gasteiger partial charge in [0.05, 0.1) is 6.61 Å². The Labute approximate surface area is 100 Å². The molecule has 1 aromatic carbocycles. The molecule has 0 saturated heterocycles. The number of hydrogen-bond acceptors (Lipinski definition) is 3. The Morgan fingerprint density at radius 2 is 2.35 bits per heavy atom. The Bertz CT molecular complexity index is 444. The van der Waals surface area contributed by atoms with E-state index in [1.54, 1.807) is 13.0 Å². The fourth-order valence-electron chi connectivity index (χ4n) is 2.03. The molecule has 0 aliphatic carbocycles. The van der Waals surface area contributed by atoms with Gasteiger partial charge in [0.1, 0.15) is 11.2 Å². The maximum Gasteiger partial charge on any atom is 0.315 e. The highest BCUT2D eigenvalue weighted by atomic mass is 16.5. The Morgan fingerprint density at radius 1 is 1.59 bits per heavy atom. The third-order valence-electron chi connectivity index (χ3n) is 3.43. The van der Waals surface area contributed by atoms with Crippen molar-refractivity contribution in [2.45, 2.75) is 25.2 Å². The van der Waals surface area contributed by atoms with Crippen molar-refractivity contribution in [3.05, 3.63) is 29.3 Å². The molecule has 0 saturated carbocycles. The molecular weight excluding hydrogens is 218 g/mol. The summed E-state index contributed by atoms with van der Waals surface area (Å²) in [6.07, 6.45) is 1.91. The normalized spacial score (nSPS) is 17.8. The third-order valence-corrected chi connectivity index (χ3v) is 3.43. The predicted octanol–water partition coefficient (Wildman–Crippen LogP) is 1.31. The van der Waals surface area contributed by atoms with Gasteiger partial charge in [0.15, 0.2) is 0 Å².